The maximum Gasteiger partial charge on any atom is 0.222 e. The lowest BCUT2D eigenvalue weighted by Crippen LogP contribution is -2.54. The molecule has 0 aromatic carbocycles. The molecule has 7 heteroatoms. The number of hydrogen-bond acceptors (Lipinski definition) is 5. The Balaban J connectivity index is 1.37. The van der Waals surface area contributed by atoms with Gasteiger partial charge in [0.25, 0.3) is 0 Å². The summed E-state index contributed by atoms with van der Waals surface area (Å²) in [6, 6.07) is 0.890. The summed E-state index contributed by atoms with van der Waals surface area (Å²) in [4.78, 5) is 19.7. The van der Waals surface area contributed by atoms with E-state index in [0.29, 0.717) is 24.4 Å². The van der Waals surface area contributed by atoms with Gasteiger partial charge in [0.2, 0.25) is 5.91 Å². The standard InChI is InChI=1S/C18H29N5O2/c1-20-13-15(12-19-20)14-22-5-4-17-16(22)2-3-18(24)23(17)7-6-21-8-10-25-11-9-21/h12-13,16-17H,2-11,14H2,1H3/t16-,17-/m0/s1. The van der Waals surface area contributed by atoms with Gasteiger partial charge in [0.05, 0.1) is 19.4 Å². The number of ether oxygens (including phenoxy) is 1. The largest absolute Gasteiger partial charge is 0.379 e. The summed E-state index contributed by atoms with van der Waals surface area (Å²) >= 11 is 0. The van der Waals surface area contributed by atoms with Gasteiger partial charge in [-0.3, -0.25) is 19.3 Å². The van der Waals surface area contributed by atoms with Crippen LogP contribution in [-0.2, 0) is 23.1 Å². The maximum absolute atomic E-state index is 12.5. The molecule has 4 rings (SSSR count). The summed E-state index contributed by atoms with van der Waals surface area (Å²) < 4.78 is 7.28. The van der Waals surface area contributed by atoms with Gasteiger partial charge in [-0.15, -0.1) is 0 Å². The van der Waals surface area contributed by atoms with Crippen LogP contribution in [-0.4, -0.2) is 88.4 Å². The lowest BCUT2D eigenvalue weighted by molar-refractivity contribution is -0.138. The second kappa shape index (κ2) is 7.43. The predicted octanol–water partition coefficient (Wildman–Crippen LogP) is 0.318. The van der Waals surface area contributed by atoms with E-state index in [1.54, 1.807) is 0 Å². The van der Waals surface area contributed by atoms with Crippen LogP contribution in [0.3, 0.4) is 0 Å². The SMILES string of the molecule is Cn1cc(CN2CC[C@H]3[C@@H]2CCC(=O)N3CCN2CCOCC2)cn1. The molecule has 3 aliphatic heterocycles. The Hall–Kier alpha value is -1.44. The van der Waals surface area contributed by atoms with Crippen LogP contribution in [0.2, 0.25) is 0 Å². The molecule has 3 aliphatic rings. The molecule has 7 nitrogen and oxygen atoms in total. The summed E-state index contributed by atoms with van der Waals surface area (Å²) in [6.07, 6.45) is 6.83. The third kappa shape index (κ3) is 3.73. The smallest absolute Gasteiger partial charge is 0.222 e. The molecule has 138 valence electrons. The molecule has 4 heterocycles. The second-order valence-corrected chi connectivity index (χ2v) is 7.50. The molecular weight excluding hydrogens is 318 g/mol. The number of hydrogen-bond donors (Lipinski definition) is 0. The second-order valence-electron chi connectivity index (χ2n) is 7.50. The van der Waals surface area contributed by atoms with Crippen molar-refractivity contribution in [1.82, 2.24) is 24.5 Å². The molecule has 0 N–H and O–H groups in total. The lowest BCUT2D eigenvalue weighted by Gasteiger charge is -2.41. The van der Waals surface area contributed by atoms with E-state index in [1.807, 2.05) is 17.9 Å². The van der Waals surface area contributed by atoms with Crippen LogP contribution in [0.15, 0.2) is 12.4 Å². The quantitative estimate of drug-likeness (QED) is 0.768. The number of fused-ring (bicyclic) bond motifs is 1. The number of nitrogens with zero attached hydrogens (tertiary/aromatic N) is 5. The predicted molar refractivity (Wildman–Crippen MR) is 94.0 cm³/mol. The van der Waals surface area contributed by atoms with Gasteiger partial charge in [-0.2, -0.15) is 5.10 Å². The summed E-state index contributed by atoms with van der Waals surface area (Å²) in [6.45, 7) is 7.47. The van der Waals surface area contributed by atoms with Crippen LogP contribution < -0.4 is 0 Å². The Kier molecular flexibility index (Phi) is 5.05. The molecule has 0 aliphatic carbocycles. The van der Waals surface area contributed by atoms with Gasteiger partial charge in [-0.1, -0.05) is 0 Å². The minimum atomic E-state index is 0.345. The van der Waals surface area contributed by atoms with Gasteiger partial charge >= 0.3 is 0 Å². The average Bonchev–Trinajstić information content (AvgIpc) is 3.22. The molecule has 0 saturated carbocycles. The zero-order valence-electron chi connectivity index (χ0n) is 15.1. The number of aromatic nitrogens is 2. The number of likely N-dealkylation sites (tertiary alicyclic amines) is 2. The van der Waals surface area contributed by atoms with Crippen LogP contribution in [0.5, 0.6) is 0 Å². The van der Waals surface area contributed by atoms with Crippen molar-refractivity contribution in [2.75, 3.05) is 45.9 Å². The molecule has 2 atom stereocenters. The molecule has 0 bridgehead atoms. The van der Waals surface area contributed by atoms with E-state index in [0.717, 1.165) is 65.3 Å². The highest BCUT2D eigenvalue weighted by molar-refractivity contribution is 5.77. The molecule has 25 heavy (non-hydrogen) atoms. The van der Waals surface area contributed by atoms with E-state index in [9.17, 15) is 4.79 Å². The van der Waals surface area contributed by atoms with Gasteiger partial charge in [0.15, 0.2) is 0 Å². The normalized spacial score (nSPS) is 28.5. The van der Waals surface area contributed by atoms with Gasteiger partial charge in [-0.05, 0) is 12.8 Å². The number of piperidine rings is 1. The van der Waals surface area contributed by atoms with Crippen LogP contribution in [0.4, 0.5) is 0 Å². The Bertz CT molecular complexity index is 598. The first-order chi connectivity index (χ1) is 12.2. The van der Waals surface area contributed by atoms with Crippen molar-refractivity contribution >= 4 is 5.91 Å². The highest BCUT2D eigenvalue weighted by atomic mass is 16.5. The van der Waals surface area contributed by atoms with E-state index in [2.05, 4.69) is 26.0 Å². The van der Waals surface area contributed by atoms with E-state index in [1.165, 1.54) is 5.56 Å². The fourth-order valence-corrected chi connectivity index (χ4v) is 4.59. The van der Waals surface area contributed by atoms with Crippen LogP contribution in [0.1, 0.15) is 24.8 Å². The zero-order valence-corrected chi connectivity index (χ0v) is 15.1. The molecular formula is C18H29N5O2. The van der Waals surface area contributed by atoms with Crippen molar-refractivity contribution in [1.29, 1.82) is 0 Å². The molecule has 1 amide bonds. The lowest BCUT2D eigenvalue weighted by atomic mass is 9.96. The Labute approximate surface area is 149 Å². The van der Waals surface area contributed by atoms with Crippen molar-refractivity contribution in [2.45, 2.75) is 37.9 Å². The minimum absolute atomic E-state index is 0.345. The Morgan fingerprint density at radius 1 is 1.16 bits per heavy atom. The maximum atomic E-state index is 12.5. The van der Waals surface area contributed by atoms with E-state index in [4.69, 9.17) is 4.74 Å². The molecule has 0 unspecified atom stereocenters. The number of amides is 1. The summed E-state index contributed by atoms with van der Waals surface area (Å²) in [5.74, 6) is 0.345. The molecule has 3 saturated heterocycles. The number of morpholine rings is 1. The van der Waals surface area contributed by atoms with E-state index < -0.39 is 0 Å². The third-order valence-electron chi connectivity index (χ3n) is 5.90. The summed E-state index contributed by atoms with van der Waals surface area (Å²) in [7, 11) is 1.96. The number of aryl methyl sites for hydroxylation is 1. The topological polar surface area (TPSA) is 53.8 Å². The Morgan fingerprint density at radius 3 is 2.76 bits per heavy atom. The van der Waals surface area contributed by atoms with Gasteiger partial charge in [0.1, 0.15) is 0 Å². The van der Waals surface area contributed by atoms with Crippen molar-refractivity contribution < 1.29 is 9.53 Å². The highest BCUT2D eigenvalue weighted by Gasteiger charge is 2.42. The molecule has 1 aromatic heterocycles. The van der Waals surface area contributed by atoms with Crippen LogP contribution in [0, 0.1) is 0 Å². The molecule has 3 fully saturated rings. The third-order valence-corrected chi connectivity index (χ3v) is 5.90. The highest BCUT2D eigenvalue weighted by Crippen LogP contribution is 2.32. The van der Waals surface area contributed by atoms with E-state index in [-0.39, 0.29) is 0 Å². The first-order valence-corrected chi connectivity index (χ1v) is 9.52. The van der Waals surface area contributed by atoms with Crippen molar-refractivity contribution in [3.8, 4) is 0 Å². The Morgan fingerprint density at radius 2 is 2.00 bits per heavy atom. The monoisotopic (exact) mass is 347 g/mol. The summed E-state index contributed by atoms with van der Waals surface area (Å²) in [5, 5.41) is 4.28. The van der Waals surface area contributed by atoms with Crippen molar-refractivity contribution in [2.24, 2.45) is 7.05 Å². The number of carbonyl (C=O) groups is 1. The fourth-order valence-electron chi connectivity index (χ4n) is 4.59. The molecule has 0 radical (unpaired) electrons. The van der Waals surface area contributed by atoms with Crippen molar-refractivity contribution in [3.63, 3.8) is 0 Å². The number of rotatable bonds is 5. The number of carbonyl (C=O) groups excluding carboxylic acids is 1. The van der Waals surface area contributed by atoms with E-state index >= 15 is 0 Å². The van der Waals surface area contributed by atoms with Crippen LogP contribution >= 0.6 is 0 Å². The summed E-state index contributed by atoms with van der Waals surface area (Å²) in [5.41, 5.74) is 1.26. The molecule has 0 spiro atoms. The first-order valence-electron chi connectivity index (χ1n) is 9.52. The molecule has 1 aromatic rings. The first kappa shape index (κ1) is 17.0. The zero-order chi connectivity index (χ0) is 17.2. The van der Waals surface area contributed by atoms with Crippen LogP contribution in [0.25, 0.3) is 0 Å². The van der Waals surface area contributed by atoms with Crippen molar-refractivity contribution in [3.05, 3.63) is 18.0 Å². The average molecular weight is 347 g/mol. The fraction of sp³-hybridized carbons (Fsp3) is 0.778. The van der Waals surface area contributed by atoms with Gasteiger partial charge in [-0.25, -0.2) is 0 Å². The van der Waals surface area contributed by atoms with Gasteiger partial charge in [0, 0.05) is 76.6 Å². The minimum Gasteiger partial charge on any atom is -0.379 e. The van der Waals surface area contributed by atoms with Gasteiger partial charge < -0.3 is 9.64 Å².